The van der Waals surface area contributed by atoms with Gasteiger partial charge in [0.25, 0.3) is 0 Å². The van der Waals surface area contributed by atoms with Crippen molar-refractivity contribution < 1.29 is 19.4 Å². The van der Waals surface area contributed by atoms with Crippen LogP contribution in [0.1, 0.15) is 29.8 Å². The van der Waals surface area contributed by atoms with Crippen LogP contribution in [-0.4, -0.2) is 29.8 Å². The van der Waals surface area contributed by atoms with E-state index in [0.717, 1.165) is 12.0 Å². The number of ether oxygens (including phenoxy) is 2. The molecule has 0 fully saturated rings. The molecule has 0 bridgehead atoms. The molecule has 2 aromatic carbocycles. The second-order valence-corrected chi connectivity index (χ2v) is 5.86. The Morgan fingerprint density at radius 2 is 1.81 bits per heavy atom. The van der Waals surface area contributed by atoms with E-state index >= 15 is 0 Å². The van der Waals surface area contributed by atoms with E-state index < -0.39 is 5.97 Å². The Kier molecular flexibility index (Phi) is 5.07. The summed E-state index contributed by atoms with van der Waals surface area (Å²) in [6.45, 7) is 4.41. The van der Waals surface area contributed by atoms with Crippen molar-refractivity contribution >= 4 is 16.9 Å². The molecule has 0 spiro atoms. The number of carboxylic acids is 1. The van der Waals surface area contributed by atoms with Crippen LogP contribution in [0.5, 0.6) is 11.5 Å². The lowest BCUT2D eigenvalue weighted by Crippen LogP contribution is -2.02. The number of carbonyl (C=O) groups is 1. The number of aromatic nitrogens is 1. The number of fused-ring (bicyclic) bond motifs is 1. The van der Waals surface area contributed by atoms with Gasteiger partial charge in [-0.3, -0.25) is 0 Å². The van der Waals surface area contributed by atoms with Crippen LogP contribution >= 0.6 is 0 Å². The minimum Gasteiger partial charge on any atom is -0.493 e. The zero-order valence-corrected chi connectivity index (χ0v) is 15.1. The highest BCUT2D eigenvalue weighted by atomic mass is 16.5. The molecular formula is C21H21NO4. The Balaban J connectivity index is 2.22. The molecule has 0 saturated carbocycles. The van der Waals surface area contributed by atoms with Crippen LogP contribution in [0.25, 0.3) is 22.2 Å². The van der Waals surface area contributed by atoms with E-state index in [0.29, 0.717) is 34.7 Å². The maximum absolute atomic E-state index is 11.8. The molecule has 3 aromatic rings. The Morgan fingerprint density at radius 3 is 2.38 bits per heavy atom. The van der Waals surface area contributed by atoms with Crippen molar-refractivity contribution in [3.8, 4) is 22.8 Å². The molecule has 0 amide bonds. The van der Waals surface area contributed by atoms with Gasteiger partial charge < -0.3 is 14.6 Å². The average molecular weight is 351 g/mol. The third-order valence-corrected chi connectivity index (χ3v) is 4.28. The van der Waals surface area contributed by atoms with Crippen LogP contribution in [0.15, 0.2) is 42.5 Å². The summed E-state index contributed by atoms with van der Waals surface area (Å²) < 4.78 is 10.9. The van der Waals surface area contributed by atoms with Gasteiger partial charge in [-0.15, -0.1) is 0 Å². The van der Waals surface area contributed by atoms with Gasteiger partial charge in [0.15, 0.2) is 11.5 Å². The van der Waals surface area contributed by atoms with E-state index in [1.54, 1.807) is 25.3 Å². The van der Waals surface area contributed by atoms with Gasteiger partial charge in [0.05, 0.1) is 30.5 Å². The summed E-state index contributed by atoms with van der Waals surface area (Å²) in [6, 6.07) is 13.0. The molecule has 5 nitrogen and oxygen atoms in total. The van der Waals surface area contributed by atoms with Crippen molar-refractivity contribution in [3.05, 3.63) is 53.6 Å². The number of hydrogen-bond acceptors (Lipinski definition) is 4. The predicted octanol–water partition coefficient (Wildman–Crippen LogP) is 4.57. The molecular weight excluding hydrogens is 330 g/mol. The molecule has 0 aliphatic rings. The molecule has 0 aliphatic heterocycles. The molecule has 1 aromatic heterocycles. The zero-order chi connectivity index (χ0) is 18.7. The largest absolute Gasteiger partial charge is 0.493 e. The van der Waals surface area contributed by atoms with E-state index in [4.69, 9.17) is 9.47 Å². The Bertz CT molecular complexity index is 948. The van der Waals surface area contributed by atoms with Crippen LogP contribution < -0.4 is 9.47 Å². The van der Waals surface area contributed by atoms with E-state index in [1.165, 1.54) is 5.56 Å². The van der Waals surface area contributed by atoms with Crippen LogP contribution in [0, 0.1) is 0 Å². The van der Waals surface area contributed by atoms with E-state index in [2.05, 4.69) is 11.9 Å². The van der Waals surface area contributed by atoms with Gasteiger partial charge in [-0.1, -0.05) is 31.2 Å². The van der Waals surface area contributed by atoms with Gasteiger partial charge in [-0.2, -0.15) is 0 Å². The number of nitrogens with zero attached hydrogens (tertiary/aromatic N) is 1. The predicted molar refractivity (Wildman–Crippen MR) is 101 cm³/mol. The first-order valence-electron chi connectivity index (χ1n) is 8.55. The lowest BCUT2D eigenvalue weighted by molar-refractivity contribution is 0.0699. The molecule has 0 atom stereocenters. The Labute approximate surface area is 152 Å². The molecule has 1 heterocycles. The molecule has 5 heteroatoms. The van der Waals surface area contributed by atoms with Crippen LogP contribution in [0.4, 0.5) is 0 Å². The highest BCUT2D eigenvalue weighted by Gasteiger charge is 2.16. The van der Waals surface area contributed by atoms with Crippen molar-refractivity contribution in [1.29, 1.82) is 0 Å². The monoisotopic (exact) mass is 351 g/mol. The van der Waals surface area contributed by atoms with Crippen LogP contribution in [-0.2, 0) is 6.42 Å². The highest BCUT2D eigenvalue weighted by molar-refractivity contribution is 6.04. The SMILES string of the molecule is CCOc1cc2c(C(=O)O)cc(-c3ccc(CC)cc3)nc2cc1OC. The number of hydrogen-bond donors (Lipinski definition) is 1. The number of benzene rings is 2. The molecule has 134 valence electrons. The zero-order valence-electron chi connectivity index (χ0n) is 15.1. The van der Waals surface area contributed by atoms with Gasteiger partial charge in [0.1, 0.15) is 0 Å². The normalized spacial score (nSPS) is 10.7. The first kappa shape index (κ1) is 17.7. The molecule has 0 aliphatic carbocycles. The summed E-state index contributed by atoms with van der Waals surface area (Å²) >= 11 is 0. The van der Waals surface area contributed by atoms with Gasteiger partial charge in [-0.25, -0.2) is 9.78 Å². The molecule has 26 heavy (non-hydrogen) atoms. The quantitative estimate of drug-likeness (QED) is 0.704. The summed E-state index contributed by atoms with van der Waals surface area (Å²) in [6.07, 6.45) is 0.948. The standard InChI is InChI=1S/C21H21NO4/c1-4-13-6-8-14(9-7-13)17-10-16(21(23)24)15-11-20(26-5-2)19(25-3)12-18(15)22-17/h6-12H,4-5H2,1-3H3,(H,23,24). The third-order valence-electron chi connectivity index (χ3n) is 4.28. The Hall–Kier alpha value is -3.08. The van der Waals surface area contributed by atoms with Crippen molar-refractivity contribution in [2.45, 2.75) is 20.3 Å². The summed E-state index contributed by atoms with van der Waals surface area (Å²) in [5, 5.41) is 10.2. The lowest BCUT2D eigenvalue weighted by atomic mass is 10.0. The first-order chi connectivity index (χ1) is 12.6. The smallest absolute Gasteiger partial charge is 0.336 e. The molecule has 0 saturated heterocycles. The summed E-state index contributed by atoms with van der Waals surface area (Å²) in [5.74, 6) is 0.0324. The van der Waals surface area contributed by atoms with Crippen molar-refractivity contribution in [3.63, 3.8) is 0 Å². The van der Waals surface area contributed by atoms with Crippen molar-refractivity contribution in [2.24, 2.45) is 0 Å². The number of pyridine rings is 1. The summed E-state index contributed by atoms with van der Waals surface area (Å²) in [5.41, 5.74) is 3.45. The van der Waals surface area contributed by atoms with Gasteiger partial charge in [0, 0.05) is 17.0 Å². The lowest BCUT2D eigenvalue weighted by Gasteiger charge is -2.13. The van der Waals surface area contributed by atoms with Crippen molar-refractivity contribution in [1.82, 2.24) is 4.98 Å². The van der Waals surface area contributed by atoms with Crippen molar-refractivity contribution in [2.75, 3.05) is 13.7 Å². The topological polar surface area (TPSA) is 68.7 Å². The minimum atomic E-state index is -1.00. The van der Waals surface area contributed by atoms with Crippen LogP contribution in [0.3, 0.4) is 0 Å². The third kappa shape index (κ3) is 3.33. The molecule has 0 unspecified atom stereocenters. The van der Waals surface area contributed by atoms with Gasteiger partial charge >= 0.3 is 5.97 Å². The minimum absolute atomic E-state index is 0.188. The second-order valence-electron chi connectivity index (χ2n) is 5.86. The maximum Gasteiger partial charge on any atom is 0.336 e. The fourth-order valence-corrected chi connectivity index (χ4v) is 2.90. The van der Waals surface area contributed by atoms with E-state index in [9.17, 15) is 9.90 Å². The highest BCUT2D eigenvalue weighted by Crippen LogP contribution is 2.35. The number of rotatable bonds is 6. The van der Waals surface area contributed by atoms with Gasteiger partial charge in [0.2, 0.25) is 0 Å². The number of methoxy groups -OCH3 is 1. The number of aryl methyl sites for hydroxylation is 1. The number of carboxylic acid groups (broad SMARTS) is 1. The first-order valence-corrected chi connectivity index (χ1v) is 8.55. The second kappa shape index (κ2) is 7.44. The van der Waals surface area contributed by atoms with E-state index in [1.807, 2.05) is 31.2 Å². The molecule has 0 radical (unpaired) electrons. The summed E-state index contributed by atoms with van der Waals surface area (Å²) in [4.78, 5) is 16.5. The van der Waals surface area contributed by atoms with E-state index in [-0.39, 0.29) is 5.56 Å². The van der Waals surface area contributed by atoms with Crippen LogP contribution in [0.2, 0.25) is 0 Å². The molecule has 1 N–H and O–H groups in total. The molecule has 3 rings (SSSR count). The Morgan fingerprint density at radius 1 is 1.08 bits per heavy atom. The fourth-order valence-electron chi connectivity index (χ4n) is 2.90. The van der Waals surface area contributed by atoms with Gasteiger partial charge in [-0.05, 0) is 31.0 Å². The summed E-state index contributed by atoms with van der Waals surface area (Å²) in [7, 11) is 1.55. The maximum atomic E-state index is 11.8. The average Bonchev–Trinajstić information content (AvgIpc) is 2.66. The fraction of sp³-hybridized carbons (Fsp3) is 0.238. The number of aromatic carboxylic acids is 1.